The number of carbonyl (C=O) groups excluding carboxylic acids is 2. The third-order valence-corrected chi connectivity index (χ3v) is 3.04. The number of ketones is 1. The molecule has 0 aromatic heterocycles. The summed E-state index contributed by atoms with van der Waals surface area (Å²) in [6.07, 6.45) is 0.744. The van der Waals surface area contributed by atoms with E-state index >= 15 is 0 Å². The molecule has 1 heterocycles. The Balaban J connectivity index is 2.07. The molecule has 0 bridgehead atoms. The van der Waals surface area contributed by atoms with Crippen LogP contribution in [0.3, 0.4) is 0 Å². The van der Waals surface area contributed by atoms with Gasteiger partial charge in [-0.15, -0.1) is 0 Å². The number of fused-ring (bicyclic) bond motifs is 1. The molecule has 5 heteroatoms. The van der Waals surface area contributed by atoms with Crippen LogP contribution in [0, 0.1) is 5.82 Å². The van der Waals surface area contributed by atoms with Crippen LogP contribution in [0.15, 0.2) is 18.2 Å². The van der Waals surface area contributed by atoms with Crippen LogP contribution in [0.5, 0.6) is 0 Å². The van der Waals surface area contributed by atoms with Crippen molar-refractivity contribution in [3.8, 4) is 0 Å². The van der Waals surface area contributed by atoms with E-state index in [1.807, 2.05) is 13.8 Å². The van der Waals surface area contributed by atoms with Gasteiger partial charge in [0.05, 0.1) is 11.3 Å². The molecule has 1 aromatic carbocycles. The van der Waals surface area contributed by atoms with E-state index in [9.17, 15) is 14.0 Å². The van der Waals surface area contributed by atoms with Gasteiger partial charge in [0, 0.05) is 12.6 Å². The lowest BCUT2D eigenvalue weighted by Gasteiger charge is -2.17. The number of carbonyl (C=O) groups is 2. The fourth-order valence-corrected chi connectivity index (χ4v) is 2.12. The number of amides is 1. The first-order valence-electron chi connectivity index (χ1n) is 6.40. The van der Waals surface area contributed by atoms with E-state index in [1.54, 1.807) is 0 Å². The fourth-order valence-electron chi connectivity index (χ4n) is 2.12. The van der Waals surface area contributed by atoms with E-state index in [0.29, 0.717) is 18.3 Å². The highest BCUT2D eigenvalue weighted by Gasteiger charge is 2.35. The van der Waals surface area contributed by atoms with E-state index in [2.05, 4.69) is 5.32 Å². The quantitative estimate of drug-likeness (QED) is 0.651. The van der Waals surface area contributed by atoms with Gasteiger partial charge in [-0.3, -0.25) is 9.59 Å². The molecule has 0 unspecified atom stereocenters. The number of benzene rings is 1. The summed E-state index contributed by atoms with van der Waals surface area (Å²) in [6.45, 7) is 5.32. The van der Waals surface area contributed by atoms with Crippen molar-refractivity contribution in [1.82, 2.24) is 5.32 Å². The molecule has 1 aromatic rings. The highest BCUT2D eigenvalue weighted by molar-refractivity contribution is 6.52. The summed E-state index contributed by atoms with van der Waals surface area (Å²) in [5.74, 6) is -1.68. The SMILES string of the molecule is CC(C)NCCCN1C(=O)C(=O)c2cc(F)ccc21. The lowest BCUT2D eigenvalue weighted by atomic mass is 10.1. The number of rotatable bonds is 5. The zero-order valence-corrected chi connectivity index (χ0v) is 11.1. The Labute approximate surface area is 111 Å². The standard InChI is InChI=1S/C14H17FN2O2/c1-9(2)16-6-3-7-17-12-5-4-10(15)8-11(12)13(18)14(17)19/h4-5,8-9,16H,3,6-7H2,1-2H3. The van der Waals surface area contributed by atoms with Gasteiger partial charge in [0.25, 0.3) is 11.7 Å². The van der Waals surface area contributed by atoms with E-state index < -0.39 is 17.5 Å². The van der Waals surface area contributed by atoms with Crippen LogP contribution in [-0.2, 0) is 4.79 Å². The number of halogens is 1. The smallest absolute Gasteiger partial charge is 0.299 e. The largest absolute Gasteiger partial charge is 0.314 e. The van der Waals surface area contributed by atoms with Crippen LogP contribution in [0.25, 0.3) is 0 Å². The highest BCUT2D eigenvalue weighted by atomic mass is 19.1. The molecule has 0 fully saturated rings. The van der Waals surface area contributed by atoms with Crippen molar-refractivity contribution in [2.75, 3.05) is 18.0 Å². The van der Waals surface area contributed by atoms with Crippen molar-refractivity contribution < 1.29 is 14.0 Å². The second-order valence-corrected chi connectivity index (χ2v) is 4.91. The van der Waals surface area contributed by atoms with Crippen LogP contribution >= 0.6 is 0 Å². The zero-order chi connectivity index (χ0) is 14.0. The molecular formula is C14H17FN2O2. The van der Waals surface area contributed by atoms with Crippen LogP contribution in [-0.4, -0.2) is 30.8 Å². The average molecular weight is 264 g/mol. The van der Waals surface area contributed by atoms with E-state index in [-0.39, 0.29) is 5.56 Å². The lowest BCUT2D eigenvalue weighted by Crippen LogP contribution is -2.33. The Morgan fingerprint density at radius 1 is 1.32 bits per heavy atom. The fraction of sp³-hybridized carbons (Fsp3) is 0.429. The molecule has 2 rings (SSSR count). The van der Waals surface area contributed by atoms with Gasteiger partial charge in [-0.25, -0.2) is 4.39 Å². The minimum atomic E-state index is -0.619. The average Bonchev–Trinajstić information content (AvgIpc) is 2.59. The maximum absolute atomic E-state index is 13.1. The summed E-state index contributed by atoms with van der Waals surface area (Å²) in [7, 11) is 0. The van der Waals surface area contributed by atoms with Crippen molar-refractivity contribution in [1.29, 1.82) is 0 Å². The van der Waals surface area contributed by atoms with Crippen molar-refractivity contribution in [3.05, 3.63) is 29.6 Å². The van der Waals surface area contributed by atoms with Gasteiger partial charge in [-0.1, -0.05) is 13.8 Å². The van der Waals surface area contributed by atoms with Crippen molar-refractivity contribution in [3.63, 3.8) is 0 Å². The monoisotopic (exact) mass is 264 g/mol. The Kier molecular flexibility index (Phi) is 3.95. The van der Waals surface area contributed by atoms with E-state index in [1.165, 1.54) is 17.0 Å². The number of nitrogens with zero attached hydrogens (tertiary/aromatic N) is 1. The van der Waals surface area contributed by atoms with Crippen molar-refractivity contribution in [2.24, 2.45) is 0 Å². The normalized spacial score (nSPS) is 14.4. The van der Waals surface area contributed by atoms with Gasteiger partial charge in [0.1, 0.15) is 5.82 Å². The minimum Gasteiger partial charge on any atom is -0.314 e. The molecule has 0 spiro atoms. The topological polar surface area (TPSA) is 49.4 Å². The van der Waals surface area contributed by atoms with Crippen LogP contribution < -0.4 is 10.2 Å². The molecule has 0 radical (unpaired) electrons. The molecule has 1 aliphatic heterocycles. The predicted molar refractivity (Wildman–Crippen MR) is 70.8 cm³/mol. The van der Waals surface area contributed by atoms with Crippen LogP contribution in [0.4, 0.5) is 10.1 Å². The molecule has 4 nitrogen and oxygen atoms in total. The van der Waals surface area contributed by atoms with Gasteiger partial charge in [-0.2, -0.15) is 0 Å². The zero-order valence-electron chi connectivity index (χ0n) is 11.1. The Bertz CT molecular complexity index is 514. The number of anilines is 1. The summed E-state index contributed by atoms with van der Waals surface area (Å²) in [5, 5.41) is 3.25. The lowest BCUT2D eigenvalue weighted by molar-refractivity contribution is -0.114. The first-order chi connectivity index (χ1) is 9.00. The van der Waals surface area contributed by atoms with Gasteiger partial charge in [0.2, 0.25) is 0 Å². The van der Waals surface area contributed by atoms with E-state index in [4.69, 9.17) is 0 Å². The third kappa shape index (κ3) is 2.81. The van der Waals surface area contributed by atoms with E-state index in [0.717, 1.165) is 19.0 Å². The molecule has 0 aliphatic carbocycles. The number of Topliss-reactive ketones (excluding diaryl/α,β-unsaturated/α-hetero) is 1. The predicted octanol–water partition coefficient (Wildman–Crippen LogP) is 1.74. The van der Waals surface area contributed by atoms with Crippen LogP contribution in [0.2, 0.25) is 0 Å². The molecule has 0 atom stereocenters. The molecule has 19 heavy (non-hydrogen) atoms. The maximum atomic E-state index is 13.1. The minimum absolute atomic E-state index is 0.168. The first kappa shape index (κ1) is 13.7. The molecule has 1 aliphatic rings. The molecule has 1 amide bonds. The molecule has 102 valence electrons. The Morgan fingerprint density at radius 2 is 2.05 bits per heavy atom. The Hall–Kier alpha value is -1.75. The summed E-state index contributed by atoms with van der Waals surface area (Å²) < 4.78 is 13.1. The van der Waals surface area contributed by atoms with Crippen molar-refractivity contribution >= 4 is 17.4 Å². The second kappa shape index (κ2) is 5.48. The molecule has 1 N–H and O–H groups in total. The third-order valence-electron chi connectivity index (χ3n) is 3.04. The maximum Gasteiger partial charge on any atom is 0.299 e. The number of hydrogen-bond donors (Lipinski definition) is 1. The summed E-state index contributed by atoms with van der Waals surface area (Å²) >= 11 is 0. The highest BCUT2D eigenvalue weighted by Crippen LogP contribution is 2.29. The van der Waals surface area contributed by atoms with Crippen molar-refractivity contribution in [2.45, 2.75) is 26.3 Å². The number of hydrogen-bond acceptors (Lipinski definition) is 3. The summed E-state index contributed by atoms with van der Waals surface area (Å²) in [5.41, 5.74) is 0.683. The van der Waals surface area contributed by atoms with Gasteiger partial charge in [-0.05, 0) is 31.2 Å². The number of nitrogens with one attached hydrogen (secondary N) is 1. The summed E-state index contributed by atoms with van der Waals surface area (Å²) in [6, 6.07) is 4.27. The van der Waals surface area contributed by atoms with Gasteiger partial charge >= 0.3 is 0 Å². The van der Waals surface area contributed by atoms with Gasteiger partial charge in [0.15, 0.2) is 0 Å². The Morgan fingerprint density at radius 3 is 2.74 bits per heavy atom. The molecule has 0 saturated carbocycles. The van der Waals surface area contributed by atoms with Gasteiger partial charge < -0.3 is 10.2 Å². The molecular weight excluding hydrogens is 247 g/mol. The second-order valence-electron chi connectivity index (χ2n) is 4.91. The molecule has 0 saturated heterocycles. The summed E-state index contributed by atoms with van der Waals surface area (Å²) in [4.78, 5) is 25.0. The first-order valence-corrected chi connectivity index (χ1v) is 6.40. The van der Waals surface area contributed by atoms with Crippen LogP contribution in [0.1, 0.15) is 30.6 Å².